The molecule has 0 aliphatic carbocycles. The summed E-state index contributed by atoms with van der Waals surface area (Å²) in [5.74, 6) is -2.33. The summed E-state index contributed by atoms with van der Waals surface area (Å²) >= 11 is 0. The van der Waals surface area contributed by atoms with Gasteiger partial charge in [0.05, 0.1) is 10.7 Å². The number of carbonyl (C=O) groups is 1. The first-order valence-corrected chi connectivity index (χ1v) is 6.28. The Morgan fingerprint density at radius 3 is 2.44 bits per heavy atom. The van der Waals surface area contributed by atoms with Gasteiger partial charge in [0.1, 0.15) is 4.90 Å². The van der Waals surface area contributed by atoms with Gasteiger partial charge in [-0.1, -0.05) is 18.7 Å². The predicted octanol–water partition coefficient (Wildman–Crippen LogP) is 1.01. The molecule has 0 saturated carbocycles. The number of hydrogen-bond acceptors (Lipinski definition) is 5. The molecule has 1 aromatic rings. The minimum atomic E-state index is -4.10. The van der Waals surface area contributed by atoms with E-state index in [1.165, 1.54) is 12.1 Å². The number of nitro benzene ring substituents is 1. The SMILES string of the molecule is C=C(CS(=O)(=O)c1ccccc1[N+](=O)[O-])C(=O)O. The highest BCUT2D eigenvalue weighted by atomic mass is 32.2. The molecular formula is C10H9NO6S. The number of carboxylic acid groups (broad SMARTS) is 1. The van der Waals surface area contributed by atoms with Crippen molar-refractivity contribution in [2.24, 2.45) is 0 Å². The maximum atomic E-state index is 11.8. The van der Waals surface area contributed by atoms with E-state index in [9.17, 15) is 23.3 Å². The molecule has 0 bridgehead atoms. The lowest BCUT2D eigenvalue weighted by Gasteiger charge is -2.04. The van der Waals surface area contributed by atoms with Crippen molar-refractivity contribution in [1.29, 1.82) is 0 Å². The summed E-state index contributed by atoms with van der Waals surface area (Å²) in [6.45, 7) is 3.09. The van der Waals surface area contributed by atoms with Gasteiger partial charge in [-0.25, -0.2) is 13.2 Å². The van der Waals surface area contributed by atoms with Crippen LogP contribution in [0.1, 0.15) is 0 Å². The third-order valence-corrected chi connectivity index (χ3v) is 3.81. The molecule has 7 nitrogen and oxygen atoms in total. The fourth-order valence-electron chi connectivity index (χ4n) is 1.24. The Morgan fingerprint density at radius 1 is 1.39 bits per heavy atom. The van der Waals surface area contributed by atoms with Crippen molar-refractivity contribution in [2.45, 2.75) is 4.90 Å². The number of para-hydroxylation sites is 1. The Labute approximate surface area is 102 Å². The Balaban J connectivity index is 3.25. The minimum Gasteiger partial charge on any atom is -0.478 e. The summed E-state index contributed by atoms with van der Waals surface area (Å²) in [5, 5.41) is 19.3. The van der Waals surface area contributed by atoms with Gasteiger partial charge >= 0.3 is 5.97 Å². The lowest BCUT2D eigenvalue weighted by atomic mass is 10.3. The largest absolute Gasteiger partial charge is 0.478 e. The van der Waals surface area contributed by atoms with Gasteiger partial charge in [-0.05, 0) is 6.07 Å². The molecule has 0 aliphatic rings. The molecule has 0 heterocycles. The molecule has 0 spiro atoms. The third-order valence-electron chi connectivity index (χ3n) is 2.06. The van der Waals surface area contributed by atoms with E-state index in [-0.39, 0.29) is 0 Å². The lowest BCUT2D eigenvalue weighted by Crippen LogP contribution is -2.15. The molecule has 0 unspecified atom stereocenters. The van der Waals surface area contributed by atoms with Gasteiger partial charge < -0.3 is 5.11 Å². The fourth-order valence-corrected chi connectivity index (χ4v) is 2.72. The van der Waals surface area contributed by atoms with E-state index in [0.717, 1.165) is 12.1 Å². The quantitative estimate of drug-likeness (QED) is 0.485. The second-order valence-corrected chi connectivity index (χ2v) is 5.35. The summed E-state index contributed by atoms with van der Waals surface area (Å²) in [7, 11) is -4.10. The number of rotatable bonds is 5. The number of hydrogen-bond donors (Lipinski definition) is 1. The maximum absolute atomic E-state index is 11.8. The van der Waals surface area contributed by atoms with Gasteiger partial charge in [0.15, 0.2) is 9.84 Å². The monoisotopic (exact) mass is 271 g/mol. The van der Waals surface area contributed by atoms with Crippen molar-refractivity contribution in [2.75, 3.05) is 5.75 Å². The number of benzene rings is 1. The van der Waals surface area contributed by atoms with E-state index in [4.69, 9.17) is 5.11 Å². The highest BCUT2D eigenvalue weighted by Crippen LogP contribution is 2.24. The molecule has 0 aliphatic heterocycles. The normalized spacial score (nSPS) is 10.9. The molecule has 1 rings (SSSR count). The number of sulfone groups is 1. The van der Waals surface area contributed by atoms with E-state index in [2.05, 4.69) is 6.58 Å². The van der Waals surface area contributed by atoms with Gasteiger partial charge in [0, 0.05) is 11.6 Å². The zero-order chi connectivity index (χ0) is 13.9. The number of nitro groups is 1. The lowest BCUT2D eigenvalue weighted by molar-refractivity contribution is -0.387. The molecule has 0 aromatic heterocycles. The van der Waals surface area contributed by atoms with Crippen LogP contribution in [0.25, 0.3) is 0 Å². The van der Waals surface area contributed by atoms with E-state index in [0.29, 0.717) is 0 Å². The molecule has 1 aromatic carbocycles. The minimum absolute atomic E-state index is 0.516. The molecule has 0 saturated heterocycles. The van der Waals surface area contributed by atoms with E-state index < -0.39 is 42.6 Å². The first-order chi connectivity index (χ1) is 8.25. The van der Waals surface area contributed by atoms with Crippen molar-refractivity contribution in [3.8, 4) is 0 Å². The van der Waals surface area contributed by atoms with Crippen molar-refractivity contribution < 1.29 is 23.2 Å². The first kappa shape index (κ1) is 13.8. The number of aliphatic carboxylic acids is 1. The molecule has 18 heavy (non-hydrogen) atoms. The van der Waals surface area contributed by atoms with Crippen LogP contribution in [0.3, 0.4) is 0 Å². The zero-order valence-corrected chi connectivity index (χ0v) is 9.88. The Kier molecular flexibility index (Phi) is 3.82. The molecule has 0 atom stereocenters. The average molecular weight is 271 g/mol. The summed E-state index contributed by atoms with van der Waals surface area (Å²) in [6, 6.07) is 4.74. The average Bonchev–Trinajstić information content (AvgIpc) is 2.28. The van der Waals surface area contributed by atoms with Crippen LogP contribution in [0, 0.1) is 10.1 Å². The first-order valence-electron chi connectivity index (χ1n) is 4.63. The van der Waals surface area contributed by atoms with E-state index in [1.807, 2.05) is 0 Å². The second-order valence-electron chi connectivity index (χ2n) is 3.39. The summed E-state index contributed by atoms with van der Waals surface area (Å²) in [5.41, 5.74) is -1.14. The molecule has 96 valence electrons. The Hall–Kier alpha value is -2.22. The highest BCUT2D eigenvalue weighted by molar-refractivity contribution is 7.91. The molecule has 1 N–H and O–H groups in total. The van der Waals surface area contributed by atoms with Gasteiger partial charge in [0.25, 0.3) is 5.69 Å². The molecule has 0 radical (unpaired) electrons. The molecular weight excluding hydrogens is 262 g/mol. The van der Waals surface area contributed by atoms with Crippen LogP contribution < -0.4 is 0 Å². The second kappa shape index (κ2) is 4.96. The predicted molar refractivity (Wildman–Crippen MR) is 61.9 cm³/mol. The highest BCUT2D eigenvalue weighted by Gasteiger charge is 2.27. The van der Waals surface area contributed by atoms with E-state index >= 15 is 0 Å². The van der Waals surface area contributed by atoms with Crippen LogP contribution in [-0.2, 0) is 14.6 Å². The van der Waals surface area contributed by atoms with Crippen LogP contribution in [-0.4, -0.2) is 30.2 Å². The van der Waals surface area contributed by atoms with Crippen LogP contribution in [0.2, 0.25) is 0 Å². The van der Waals surface area contributed by atoms with Gasteiger partial charge in [-0.15, -0.1) is 0 Å². The van der Waals surface area contributed by atoms with Crippen molar-refractivity contribution in [3.05, 3.63) is 46.5 Å². The summed E-state index contributed by atoms with van der Waals surface area (Å²) in [4.78, 5) is 19.9. The zero-order valence-electron chi connectivity index (χ0n) is 9.07. The molecule has 0 fully saturated rings. The van der Waals surface area contributed by atoms with Crippen molar-refractivity contribution >= 4 is 21.5 Å². The Morgan fingerprint density at radius 2 is 1.94 bits per heavy atom. The number of nitrogens with zero attached hydrogens (tertiary/aromatic N) is 1. The van der Waals surface area contributed by atoms with E-state index in [1.54, 1.807) is 0 Å². The molecule has 8 heteroatoms. The van der Waals surface area contributed by atoms with Crippen LogP contribution in [0.4, 0.5) is 5.69 Å². The van der Waals surface area contributed by atoms with Gasteiger partial charge in [-0.2, -0.15) is 0 Å². The van der Waals surface area contributed by atoms with Crippen LogP contribution in [0.5, 0.6) is 0 Å². The number of carboxylic acids is 1. The van der Waals surface area contributed by atoms with Crippen molar-refractivity contribution in [1.82, 2.24) is 0 Å². The smallest absolute Gasteiger partial charge is 0.332 e. The van der Waals surface area contributed by atoms with Crippen LogP contribution in [0.15, 0.2) is 41.3 Å². The fraction of sp³-hybridized carbons (Fsp3) is 0.100. The summed E-state index contributed by atoms with van der Waals surface area (Å²) < 4.78 is 23.7. The van der Waals surface area contributed by atoms with Gasteiger partial charge in [-0.3, -0.25) is 10.1 Å². The van der Waals surface area contributed by atoms with Crippen molar-refractivity contribution in [3.63, 3.8) is 0 Å². The standard InChI is InChI=1S/C10H9NO6S/c1-7(10(12)13)6-18(16,17)9-5-3-2-4-8(9)11(14)15/h2-5H,1,6H2,(H,12,13). The topological polar surface area (TPSA) is 115 Å². The van der Waals surface area contributed by atoms with Gasteiger partial charge in [0.2, 0.25) is 0 Å². The molecule has 0 amide bonds. The third kappa shape index (κ3) is 2.92. The Bertz CT molecular complexity index is 619. The summed E-state index contributed by atoms with van der Waals surface area (Å²) in [6.07, 6.45) is 0. The van der Waals surface area contributed by atoms with Crippen LogP contribution >= 0.6 is 0 Å². The maximum Gasteiger partial charge on any atom is 0.332 e.